The third-order valence-corrected chi connectivity index (χ3v) is 3.58. The molecule has 0 spiro atoms. The van der Waals surface area contributed by atoms with Gasteiger partial charge in [-0.05, 0) is 50.3 Å². The van der Waals surface area contributed by atoms with Crippen LogP contribution in [0.4, 0.5) is 0 Å². The van der Waals surface area contributed by atoms with E-state index in [1.165, 1.54) is 0 Å². The average molecular weight is 262 g/mol. The number of carbonyl (C=O) groups excluding carboxylic acids is 1. The molecule has 1 aromatic rings. The van der Waals surface area contributed by atoms with Gasteiger partial charge in [0.2, 0.25) is 5.91 Å². The highest BCUT2D eigenvalue weighted by molar-refractivity contribution is 5.86. The van der Waals surface area contributed by atoms with Gasteiger partial charge in [0.05, 0.1) is 12.1 Å². The lowest BCUT2D eigenvalue weighted by Gasteiger charge is -2.23. The van der Waals surface area contributed by atoms with Gasteiger partial charge >= 0.3 is 0 Å². The van der Waals surface area contributed by atoms with Crippen molar-refractivity contribution < 1.29 is 9.53 Å². The van der Waals surface area contributed by atoms with Crippen LogP contribution in [-0.4, -0.2) is 18.1 Å². The van der Waals surface area contributed by atoms with Gasteiger partial charge in [-0.1, -0.05) is 12.1 Å². The molecule has 0 radical (unpaired) electrons. The summed E-state index contributed by atoms with van der Waals surface area (Å²) in [5, 5.41) is 2.91. The van der Waals surface area contributed by atoms with Crippen molar-refractivity contribution in [2.24, 2.45) is 11.7 Å². The molecule has 4 nitrogen and oxygen atoms in total. The van der Waals surface area contributed by atoms with Gasteiger partial charge in [0.25, 0.3) is 0 Å². The summed E-state index contributed by atoms with van der Waals surface area (Å²) in [6.45, 7) is 4.89. The Morgan fingerprint density at radius 2 is 2.26 bits per heavy atom. The van der Waals surface area contributed by atoms with E-state index in [9.17, 15) is 4.79 Å². The van der Waals surface area contributed by atoms with Gasteiger partial charge in [0.15, 0.2) is 0 Å². The number of hydrogen-bond donors (Lipinski definition) is 2. The lowest BCUT2D eigenvalue weighted by atomic mass is 9.96. The summed E-state index contributed by atoms with van der Waals surface area (Å²) in [5.74, 6) is 1.09. The fourth-order valence-electron chi connectivity index (χ4n) is 2.15. The molecule has 1 aromatic carbocycles. The Labute approximate surface area is 114 Å². The summed E-state index contributed by atoms with van der Waals surface area (Å²) in [7, 11) is 0. The second-order valence-corrected chi connectivity index (χ2v) is 5.32. The van der Waals surface area contributed by atoms with E-state index in [1.807, 2.05) is 38.1 Å². The van der Waals surface area contributed by atoms with E-state index in [0.717, 1.165) is 24.2 Å². The van der Waals surface area contributed by atoms with Gasteiger partial charge in [-0.25, -0.2) is 0 Å². The maximum Gasteiger partial charge on any atom is 0.240 e. The SMILES string of the molecule is CCOc1cccc(CNC(=O)C(C)(N)C2CC2)c1. The minimum Gasteiger partial charge on any atom is -0.494 e. The standard InChI is InChI=1S/C15H22N2O2/c1-3-19-13-6-4-5-11(9-13)10-17-14(18)15(2,16)12-7-8-12/h4-6,9,12H,3,7-8,10,16H2,1-2H3,(H,17,18). The zero-order valence-electron chi connectivity index (χ0n) is 11.6. The normalized spacial score (nSPS) is 17.6. The number of nitrogens with two attached hydrogens (primary N) is 1. The highest BCUT2D eigenvalue weighted by atomic mass is 16.5. The lowest BCUT2D eigenvalue weighted by Crippen LogP contribution is -2.53. The minimum atomic E-state index is -0.739. The van der Waals surface area contributed by atoms with Crippen molar-refractivity contribution >= 4 is 5.91 Å². The van der Waals surface area contributed by atoms with Crippen LogP contribution >= 0.6 is 0 Å². The maximum absolute atomic E-state index is 12.1. The van der Waals surface area contributed by atoms with E-state index in [0.29, 0.717) is 19.1 Å². The average Bonchev–Trinajstić information content (AvgIpc) is 3.21. The van der Waals surface area contributed by atoms with Crippen LogP contribution in [0.5, 0.6) is 5.75 Å². The lowest BCUT2D eigenvalue weighted by molar-refractivity contribution is -0.126. The summed E-state index contributed by atoms with van der Waals surface area (Å²) in [6, 6.07) is 7.74. The van der Waals surface area contributed by atoms with E-state index in [-0.39, 0.29) is 5.91 Å². The second-order valence-electron chi connectivity index (χ2n) is 5.32. The molecule has 2 rings (SSSR count). The maximum atomic E-state index is 12.1. The van der Waals surface area contributed by atoms with Crippen molar-refractivity contribution in [2.45, 2.75) is 38.8 Å². The number of amides is 1. The smallest absolute Gasteiger partial charge is 0.240 e. The monoisotopic (exact) mass is 262 g/mol. The fourth-order valence-corrected chi connectivity index (χ4v) is 2.15. The summed E-state index contributed by atoms with van der Waals surface area (Å²) < 4.78 is 5.43. The molecule has 1 fully saturated rings. The van der Waals surface area contributed by atoms with Crippen LogP contribution in [0.1, 0.15) is 32.3 Å². The van der Waals surface area contributed by atoms with Gasteiger partial charge in [-0.15, -0.1) is 0 Å². The van der Waals surface area contributed by atoms with Crippen molar-refractivity contribution in [3.05, 3.63) is 29.8 Å². The molecule has 19 heavy (non-hydrogen) atoms. The Kier molecular flexibility index (Phi) is 4.10. The summed E-state index contributed by atoms with van der Waals surface area (Å²) in [5.41, 5.74) is 6.35. The van der Waals surface area contributed by atoms with Crippen LogP contribution in [0, 0.1) is 5.92 Å². The van der Waals surface area contributed by atoms with Crippen molar-refractivity contribution in [1.29, 1.82) is 0 Å². The first-order valence-corrected chi connectivity index (χ1v) is 6.83. The molecule has 0 heterocycles. The van der Waals surface area contributed by atoms with Crippen LogP contribution in [0.25, 0.3) is 0 Å². The van der Waals surface area contributed by atoms with E-state index < -0.39 is 5.54 Å². The predicted octanol–water partition coefficient (Wildman–Crippen LogP) is 1.83. The summed E-state index contributed by atoms with van der Waals surface area (Å²) >= 11 is 0. The van der Waals surface area contributed by atoms with Crippen LogP contribution in [0.3, 0.4) is 0 Å². The molecule has 0 saturated heterocycles. The number of nitrogens with one attached hydrogen (secondary N) is 1. The number of hydrogen-bond acceptors (Lipinski definition) is 3. The zero-order chi connectivity index (χ0) is 13.9. The fraction of sp³-hybridized carbons (Fsp3) is 0.533. The number of rotatable bonds is 6. The molecule has 1 saturated carbocycles. The third-order valence-electron chi connectivity index (χ3n) is 3.58. The number of carbonyl (C=O) groups is 1. The molecule has 1 unspecified atom stereocenters. The first-order chi connectivity index (χ1) is 9.04. The topological polar surface area (TPSA) is 64.3 Å². The van der Waals surface area contributed by atoms with E-state index in [1.54, 1.807) is 0 Å². The predicted molar refractivity (Wildman–Crippen MR) is 74.8 cm³/mol. The van der Waals surface area contributed by atoms with Crippen LogP contribution in [0.2, 0.25) is 0 Å². The van der Waals surface area contributed by atoms with E-state index in [4.69, 9.17) is 10.5 Å². The molecule has 1 aliphatic rings. The summed E-state index contributed by atoms with van der Waals surface area (Å²) in [4.78, 5) is 12.1. The Hall–Kier alpha value is -1.55. The number of ether oxygens (including phenoxy) is 1. The molecule has 3 N–H and O–H groups in total. The molecule has 0 aliphatic heterocycles. The molecule has 1 aliphatic carbocycles. The van der Waals surface area contributed by atoms with Crippen LogP contribution in [0.15, 0.2) is 24.3 Å². The minimum absolute atomic E-state index is 0.0724. The third kappa shape index (κ3) is 3.47. The first-order valence-electron chi connectivity index (χ1n) is 6.83. The van der Waals surface area contributed by atoms with Gasteiger partial charge in [-0.2, -0.15) is 0 Å². The zero-order valence-corrected chi connectivity index (χ0v) is 11.6. The van der Waals surface area contributed by atoms with Gasteiger partial charge in [0, 0.05) is 6.54 Å². The Morgan fingerprint density at radius 3 is 2.89 bits per heavy atom. The van der Waals surface area contributed by atoms with Crippen molar-refractivity contribution in [2.75, 3.05) is 6.61 Å². The van der Waals surface area contributed by atoms with Gasteiger partial charge in [0.1, 0.15) is 5.75 Å². The largest absolute Gasteiger partial charge is 0.494 e. The second kappa shape index (κ2) is 5.61. The van der Waals surface area contributed by atoms with Gasteiger partial charge < -0.3 is 15.8 Å². The Morgan fingerprint density at radius 1 is 1.53 bits per heavy atom. The molecule has 1 atom stereocenters. The number of benzene rings is 1. The quantitative estimate of drug-likeness (QED) is 0.822. The molecular weight excluding hydrogens is 240 g/mol. The van der Waals surface area contributed by atoms with Crippen LogP contribution in [-0.2, 0) is 11.3 Å². The molecule has 104 valence electrons. The van der Waals surface area contributed by atoms with E-state index in [2.05, 4.69) is 5.32 Å². The Balaban J connectivity index is 1.91. The highest BCUT2D eigenvalue weighted by Crippen LogP contribution is 2.38. The molecule has 4 heteroatoms. The Bertz CT molecular complexity index is 453. The van der Waals surface area contributed by atoms with E-state index >= 15 is 0 Å². The molecule has 0 bridgehead atoms. The summed E-state index contributed by atoms with van der Waals surface area (Å²) in [6.07, 6.45) is 2.11. The van der Waals surface area contributed by atoms with Crippen LogP contribution < -0.4 is 15.8 Å². The molecule has 1 amide bonds. The molecule has 0 aromatic heterocycles. The molecular formula is C15H22N2O2. The highest BCUT2D eigenvalue weighted by Gasteiger charge is 2.43. The first kappa shape index (κ1) is 13.9. The van der Waals surface area contributed by atoms with Crippen molar-refractivity contribution in [3.63, 3.8) is 0 Å². The van der Waals surface area contributed by atoms with Crippen molar-refractivity contribution in [3.8, 4) is 5.75 Å². The van der Waals surface area contributed by atoms with Gasteiger partial charge in [-0.3, -0.25) is 4.79 Å². The van der Waals surface area contributed by atoms with Crippen molar-refractivity contribution in [1.82, 2.24) is 5.32 Å².